The fourth-order valence-electron chi connectivity index (χ4n) is 4.22. The highest BCUT2D eigenvalue weighted by molar-refractivity contribution is 6.10. The van der Waals surface area contributed by atoms with E-state index in [9.17, 15) is 0 Å². The average molecular weight is 395 g/mol. The lowest BCUT2D eigenvalue weighted by Crippen LogP contribution is -1.97. The molecule has 0 amide bonds. The Morgan fingerprint density at radius 2 is 1.67 bits per heavy atom. The molecule has 0 saturated heterocycles. The van der Waals surface area contributed by atoms with Gasteiger partial charge in [-0.05, 0) is 41.2 Å². The number of furan rings is 1. The summed E-state index contributed by atoms with van der Waals surface area (Å²) in [6, 6.07) is 21.2. The molecule has 0 aliphatic rings. The zero-order valence-corrected chi connectivity index (χ0v) is 17.9. The van der Waals surface area contributed by atoms with Crippen molar-refractivity contribution in [3.63, 3.8) is 0 Å². The van der Waals surface area contributed by atoms with Gasteiger partial charge in [0.15, 0.2) is 0 Å². The molecule has 0 unspecified atom stereocenters. The Hall–Kier alpha value is -3.33. The number of fused-ring (bicyclic) bond motifs is 3. The van der Waals surface area contributed by atoms with Gasteiger partial charge in [0.2, 0.25) is 0 Å². The summed E-state index contributed by atoms with van der Waals surface area (Å²) in [7, 11) is 0. The van der Waals surface area contributed by atoms with E-state index in [2.05, 4.69) is 79.7 Å². The van der Waals surface area contributed by atoms with E-state index in [1.807, 2.05) is 30.6 Å². The molecule has 0 saturated carbocycles. The third kappa shape index (κ3) is 2.93. The van der Waals surface area contributed by atoms with E-state index in [0.717, 1.165) is 33.6 Å². The second-order valence-corrected chi connectivity index (χ2v) is 8.54. The summed E-state index contributed by atoms with van der Waals surface area (Å²) in [5.41, 5.74) is 6.72. The summed E-state index contributed by atoms with van der Waals surface area (Å²) in [4.78, 5) is 4.66. The maximum atomic E-state index is 6.43. The Morgan fingerprint density at radius 1 is 0.867 bits per heavy atom. The maximum absolute atomic E-state index is 6.43. The molecule has 0 radical (unpaired) electrons. The number of rotatable bonds is 4. The van der Waals surface area contributed by atoms with Gasteiger partial charge in [0, 0.05) is 23.3 Å². The molecule has 5 aromatic rings. The van der Waals surface area contributed by atoms with Gasteiger partial charge < -0.3 is 4.42 Å². The van der Waals surface area contributed by atoms with Gasteiger partial charge in [0.05, 0.1) is 11.1 Å². The summed E-state index contributed by atoms with van der Waals surface area (Å²) in [5.74, 6) is 1.78. The molecule has 0 aliphatic heterocycles. The van der Waals surface area contributed by atoms with E-state index >= 15 is 0 Å². The van der Waals surface area contributed by atoms with Crippen molar-refractivity contribution in [2.75, 3.05) is 0 Å². The van der Waals surface area contributed by atoms with Crippen molar-refractivity contribution in [3.8, 4) is 17.1 Å². The molecule has 0 bridgehead atoms. The third-order valence-corrected chi connectivity index (χ3v) is 5.85. The van der Waals surface area contributed by atoms with E-state index in [-0.39, 0.29) is 0 Å². The molecular weight excluding hydrogens is 368 g/mol. The van der Waals surface area contributed by atoms with Gasteiger partial charge in [-0.1, -0.05) is 70.2 Å². The first kappa shape index (κ1) is 18.7. The Labute approximate surface area is 177 Å². The van der Waals surface area contributed by atoms with Gasteiger partial charge >= 0.3 is 0 Å². The third-order valence-electron chi connectivity index (χ3n) is 5.85. The van der Waals surface area contributed by atoms with Crippen molar-refractivity contribution in [1.82, 2.24) is 9.55 Å². The molecule has 2 heterocycles. The van der Waals surface area contributed by atoms with Crippen molar-refractivity contribution in [3.05, 3.63) is 84.2 Å². The zero-order valence-electron chi connectivity index (χ0n) is 17.9. The molecule has 0 spiro atoms. The summed E-state index contributed by atoms with van der Waals surface area (Å²) in [5, 5.41) is 2.33. The Balaban J connectivity index is 1.85. The quantitative estimate of drug-likeness (QED) is 0.313. The molecule has 30 heavy (non-hydrogen) atoms. The monoisotopic (exact) mass is 394 g/mol. The van der Waals surface area contributed by atoms with Crippen LogP contribution in [-0.4, -0.2) is 9.55 Å². The van der Waals surface area contributed by atoms with Gasteiger partial charge in [0.1, 0.15) is 17.0 Å². The fraction of sp³-hybridized carbons (Fsp3) is 0.222. The topological polar surface area (TPSA) is 31.0 Å². The first-order chi connectivity index (χ1) is 14.5. The predicted octanol–water partition coefficient (Wildman–Crippen LogP) is 7.69. The van der Waals surface area contributed by atoms with Gasteiger partial charge in [-0.2, -0.15) is 0 Å². The minimum Gasteiger partial charge on any atom is -0.456 e. The number of benzene rings is 3. The molecule has 0 aliphatic carbocycles. The van der Waals surface area contributed by atoms with Crippen LogP contribution in [0.1, 0.15) is 50.7 Å². The zero-order chi connectivity index (χ0) is 20.8. The lowest BCUT2D eigenvalue weighted by Gasteiger charge is -2.13. The standard InChI is InChI=1S/C27H26N2O/c1-17(2)20-15-21(18(3)4)26-22(16-20)25-23(11-8-12-24(25)30-26)29-14-13-28-27(29)19-9-6-5-7-10-19/h5-18H,1-4H3. The van der Waals surface area contributed by atoms with Crippen LogP contribution in [0.5, 0.6) is 0 Å². The fourth-order valence-corrected chi connectivity index (χ4v) is 4.22. The van der Waals surface area contributed by atoms with Crippen LogP contribution in [0, 0.1) is 0 Å². The predicted molar refractivity (Wildman–Crippen MR) is 124 cm³/mol. The van der Waals surface area contributed by atoms with Crippen LogP contribution < -0.4 is 0 Å². The molecule has 150 valence electrons. The van der Waals surface area contributed by atoms with E-state index in [1.165, 1.54) is 16.5 Å². The first-order valence-corrected chi connectivity index (χ1v) is 10.6. The lowest BCUT2D eigenvalue weighted by molar-refractivity contribution is 0.656. The molecule has 3 heteroatoms. The second-order valence-electron chi connectivity index (χ2n) is 8.54. The highest BCUT2D eigenvalue weighted by Gasteiger charge is 2.19. The lowest BCUT2D eigenvalue weighted by atomic mass is 9.93. The van der Waals surface area contributed by atoms with Crippen LogP contribution in [0.15, 0.2) is 77.5 Å². The first-order valence-electron chi connectivity index (χ1n) is 10.6. The van der Waals surface area contributed by atoms with E-state index in [1.54, 1.807) is 0 Å². The summed E-state index contributed by atoms with van der Waals surface area (Å²) < 4.78 is 8.60. The Morgan fingerprint density at radius 3 is 2.40 bits per heavy atom. The molecule has 5 rings (SSSR count). The van der Waals surface area contributed by atoms with Crippen molar-refractivity contribution in [1.29, 1.82) is 0 Å². The largest absolute Gasteiger partial charge is 0.456 e. The Kier molecular flexibility index (Phi) is 4.47. The second kappa shape index (κ2) is 7.17. The van der Waals surface area contributed by atoms with Gasteiger partial charge in [0.25, 0.3) is 0 Å². The van der Waals surface area contributed by atoms with Crippen molar-refractivity contribution in [2.45, 2.75) is 39.5 Å². The minimum atomic E-state index is 0.392. The van der Waals surface area contributed by atoms with Crippen LogP contribution in [0.3, 0.4) is 0 Å². The maximum Gasteiger partial charge on any atom is 0.144 e. The van der Waals surface area contributed by atoms with Crippen molar-refractivity contribution < 1.29 is 4.42 Å². The smallest absolute Gasteiger partial charge is 0.144 e. The van der Waals surface area contributed by atoms with Crippen LogP contribution in [0.4, 0.5) is 0 Å². The average Bonchev–Trinajstić information content (AvgIpc) is 3.38. The van der Waals surface area contributed by atoms with Crippen molar-refractivity contribution in [2.24, 2.45) is 0 Å². The summed E-state index contributed by atoms with van der Waals surface area (Å²) in [6.45, 7) is 8.96. The summed E-state index contributed by atoms with van der Waals surface area (Å²) in [6.07, 6.45) is 3.90. The summed E-state index contributed by atoms with van der Waals surface area (Å²) >= 11 is 0. The van der Waals surface area contributed by atoms with Gasteiger partial charge in [-0.15, -0.1) is 0 Å². The number of hydrogen-bond donors (Lipinski definition) is 0. The highest BCUT2D eigenvalue weighted by atomic mass is 16.3. The molecular formula is C27H26N2O. The molecule has 2 aromatic heterocycles. The number of hydrogen-bond acceptors (Lipinski definition) is 2. The molecule has 0 atom stereocenters. The minimum absolute atomic E-state index is 0.392. The Bertz CT molecular complexity index is 1340. The van der Waals surface area contributed by atoms with Crippen LogP contribution >= 0.6 is 0 Å². The molecule has 0 N–H and O–H groups in total. The van der Waals surface area contributed by atoms with E-state index < -0.39 is 0 Å². The van der Waals surface area contributed by atoms with Gasteiger partial charge in [-0.25, -0.2) is 4.98 Å². The van der Waals surface area contributed by atoms with Crippen LogP contribution in [-0.2, 0) is 0 Å². The number of imidazole rings is 1. The molecule has 3 nitrogen and oxygen atoms in total. The molecule has 3 aromatic carbocycles. The highest BCUT2D eigenvalue weighted by Crippen LogP contribution is 2.39. The van der Waals surface area contributed by atoms with Crippen LogP contribution in [0.2, 0.25) is 0 Å². The number of nitrogens with zero attached hydrogens (tertiary/aromatic N) is 2. The molecule has 0 fully saturated rings. The van der Waals surface area contributed by atoms with Gasteiger partial charge in [-0.3, -0.25) is 4.57 Å². The van der Waals surface area contributed by atoms with E-state index in [0.29, 0.717) is 11.8 Å². The van der Waals surface area contributed by atoms with Crippen LogP contribution in [0.25, 0.3) is 39.0 Å². The normalized spacial score (nSPS) is 11.9. The van der Waals surface area contributed by atoms with E-state index in [4.69, 9.17) is 4.42 Å². The SMILES string of the molecule is CC(C)c1cc(C(C)C)c2oc3cccc(-n4ccnc4-c4ccccc4)c3c2c1. The van der Waals surface area contributed by atoms with Crippen molar-refractivity contribution >= 4 is 21.9 Å². The number of aromatic nitrogens is 2.